The number of aliphatic carboxylic acids is 1. The van der Waals surface area contributed by atoms with Gasteiger partial charge in [0.2, 0.25) is 0 Å². The number of hydrogen-bond acceptors (Lipinski definition) is 4. The van der Waals surface area contributed by atoms with Crippen LogP contribution < -0.4 is 10.1 Å². The maximum atomic E-state index is 14.8. The fourth-order valence-corrected chi connectivity index (χ4v) is 4.18. The van der Waals surface area contributed by atoms with Crippen LogP contribution in [0.1, 0.15) is 43.5 Å². The molecule has 0 bridgehead atoms. The van der Waals surface area contributed by atoms with Crippen LogP contribution in [0, 0.1) is 17.6 Å². The minimum atomic E-state index is -0.929. The van der Waals surface area contributed by atoms with Crippen molar-refractivity contribution in [3.05, 3.63) is 81.8 Å². The molecule has 0 unspecified atom stereocenters. The molecule has 0 amide bonds. The van der Waals surface area contributed by atoms with Gasteiger partial charge in [0, 0.05) is 46.8 Å². The van der Waals surface area contributed by atoms with Crippen LogP contribution in [0.25, 0.3) is 11.1 Å². The van der Waals surface area contributed by atoms with Crippen LogP contribution >= 0.6 is 23.2 Å². The van der Waals surface area contributed by atoms with Crippen molar-refractivity contribution in [3.8, 4) is 16.9 Å². The molecule has 3 aromatic carbocycles. The van der Waals surface area contributed by atoms with Crippen LogP contribution in [0.3, 0.4) is 0 Å². The Labute approximate surface area is 224 Å². The van der Waals surface area contributed by atoms with Gasteiger partial charge in [0.25, 0.3) is 0 Å². The fourth-order valence-electron chi connectivity index (χ4n) is 3.68. The number of ether oxygens (including phenoxy) is 1. The summed E-state index contributed by atoms with van der Waals surface area (Å²) in [6, 6.07) is 13.3. The summed E-state index contributed by atoms with van der Waals surface area (Å²) < 4.78 is 35.4. The maximum absolute atomic E-state index is 14.8. The van der Waals surface area contributed by atoms with Gasteiger partial charge in [-0.3, -0.25) is 9.59 Å². The lowest BCUT2D eigenvalue weighted by Gasteiger charge is -2.24. The smallest absolute Gasteiger partial charge is 0.303 e. The monoisotopic (exact) mass is 549 g/mol. The molecule has 0 spiro atoms. The zero-order chi connectivity index (χ0) is 27.1. The second kappa shape index (κ2) is 12.9. The van der Waals surface area contributed by atoms with Crippen molar-refractivity contribution >= 4 is 40.6 Å². The number of carbonyl (C=O) groups is 2. The first kappa shape index (κ1) is 28.4. The van der Waals surface area contributed by atoms with Gasteiger partial charge in [0.1, 0.15) is 24.0 Å². The van der Waals surface area contributed by atoms with E-state index in [1.807, 2.05) is 13.8 Å². The van der Waals surface area contributed by atoms with Crippen molar-refractivity contribution in [2.45, 2.75) is 39.2 Å². The van der Waals surface area contributed by atoms with Gasteiger partial charge in [-0.25, -0.2) is 8.78 Å². The molecular weight excluding hydrogens is 523 g/mol. The molecule has 0 heterocycles. The van der Waals surface area contributed by atoms with Crippen LogP contribution in [0.2, 0.25) is 10.0 Å². The van der Waals surface area contributed by atoms with Crippen LogP contribution in [0.4, 0.5) is 14.5 Å². The molecule has 0 saturated carbocycles. The zero-order valence-corrected chi connectivity index (χ0v) is 21.9. The zero-order valence-electron chi connectivity index (χ0n) is 20.4. The summed E-state index contributed by atoms with van der Waals surface area (Å²) in [7, 11) is 0. The van der Waals surface area contributed by atoms with E-state index < -0.39 is 17.6 Å². The summed E-state index contributed by atoms with van der Waals surface area (Å²) in [6.07, 6.45) is 0.403. The summed E-state index contributed by atoms with van der Waals surface area (Å²) in [4.78, 5) is 22.8. The Bertz CT molecular complexity index is 1240. The van der Waals surface area contributed by atoms with E-state index in [9.17, 15) is 18.4 Å². The lowest BCUT2D eigenvalue weighted by atomic mass is 10.0. The minimum absolute atomic E-state index is 0.0404. The average Bonchev–Trinajstić information content (AvgIpc) is 2.82. The highest BCUT2D eigenvalue weighted by Crippen LogP contribution is 2.35. The molecule has 1 atom stereocenters. The number of carboxylic acids is 1. The summed E-state index contributed by atoms with van der Waals surface area (Å²) in [5, 5.41) is 12.5. The Morgan fingerprint density at radius 3 is 2.19 bits per heavy atom. The molecule has 3 aromatic rings. The van der Waals surface area contributed by atoms with Crippen molar-refractivity contribution in [2.24, 2.45) is 5.92 Å². The topological polar surface area (TPSA) is 75.6 Å². The van der Waals surface area contributed by atoms with Gasteiger partial charge in [-0.05, 0) is 48.7 Å². The number of carbonyl (C=O) groups excluding carboxylic acids is 1. The fraction of sp³-hybridized carbons (Fsp3) is 0.286. The minimum Gasteiger partial charge on any atom is -0.491 e. The van der Waals surface area contributed by atoms with E-state index in [1.165, 1.54) is 18.2 Å². The van der Waals surface area contributed by atoms with Gasteiger partial charge in [0.05, 0.1) is 16.6 Å². The highest BCUT2D eigenvalue weighted by Gasteiger charge is 2.19. The molecule has 3 rings (SSSR count). The molecule has 37 heavy (non-hydrogen) atoms. The number of nitrogens with one attached hydrogen (secondary N) is 1. The van der Waals surface area contributed by atoms with Crippen molar-refractivity contribution < 1.29 is 28.2 Å². The lowest BCUT2D eigenvalue weighted by Crippen LogP contribution is -2.32. The van der Waals surface area contributed by atoms with Crippen molar-refractivity contribution in [1.82, 2.24) is 0 Å². The molecule has 0 aromatic heterocycles. The molecule has 0 radical (unpaired) electrons. The third kappa shape index (κ3) is 7.91. The molecule has 2 N–H and O–H groups in total. The van der Waals surface area contributed by atoms with Crippen LogP contribution in [-0.4, -0.2) is 29.5 Å². The first-order valence-corrected chi connectivity index (χ1v) is 12.5. The van der Waals surface area contributed by atoms with Crippen molar-refractivity contribution in [2.75, 3.05) is 11.9 Å². The summed E-state index contributed by atoms with van der Waals surface area (Å²) in [5.41, 5.74) is 1.18. The Kier molecular flexibility index (Phi) is 9.89. The molecule has 5 nitrogen and oxygen atoms in total. The van der Waals surface area contributed by atoms with Crippen LogP contribution in [0.5, 0.6) is 5.75 Å². The Morgan fingerprint density at radius 1 is 0.973 bits per heavy atom. The largest absolute Gasteiger partial charge is 0.491 e. The SMILES string of the molecule is CC(C)[C@@H](COc1cc(F)c(-c2ccc(Cl)cc2Cl)c(F)c1)Nc1ccc(C(=O)CCCC(=O)O)cc1. The third-order valence-electron chi connectivity index (χ3n) is 5.80. The van der Waals surface area contributed by atoms with Crippen molar-refractivity contribution in [1.29, 1.82) is 0 Å². The van der Waals surface area contributed by atoms with E-state index in [1.54, 1.807) is 24.3 Å². The van der Waals surface area contributed by atoms with Gasteiger partial charge in [-0.2, -0.15) is 0 Å². The number of benzene rings is 3. The van der Waals surface area contributed by atoms with E-state index in [0.717, 1.165) is 17.8 Å². The molecule has 0 fully saturated rings. The van der Waals surface area contributed by atoms with Gasteiger partial charge in [-0.15, -0.1) is 0 Å². The molecule has 0 aliphatic carbocycles. The van der Waals surface area contributed by atoms with E-state index in [2.05, 4.69) is 5.32 Å². The van der Waals surface area contributed by atoms with Gasteiger partial charge in [0.15, 0.2) is 5.78 Å². The van der Waals surface area contributed by atoms with E-state index in [4.69, 9.17) is 33.0 Å². The average molecular weight is 550 g/mol. The highest BCUT2D eigenvalue weighted by atomic mass is 35.5. The third-order valence-corrected chi connectivity index (χ3v) is 6.35. The molecular formula is C28H27Cl2F2NO4. The van der Waals surface area contributed by atoms with Crippen molar-refractivity contribution in [3.63, 3.8) is 0 Å². The Hall–Kier alpha value is -3.16. The standard InChI is InChI=1S/C28H27Cl2F2NO4/c1-16(2)25(33-19-9-6-17(7-10-19)26(34)4-3-5-27(35)36)15-37-20-13-23(31)28(24(32)14-20)21-11-8-18(29)12-22(21)30/h6-14,16,25,33H,3-5,15H2,1-2H3,(H,35,36)/t25-/m1/s1. The molecule has 9 heteroatoms. The number of ketones is 1. The van der Waals surface area contributed by atoms with Crippen LogP contribution in [-0.2, 0) is 4.79 Å². The van der Waals surface area contributed by atoms with Crippen LogP contribution in [0.15, 0.2) is 54.6 Å². The first-order chi connectivity index (χ1) is 17.5. The number of carboxylic acid groups (broad SMARTS) is 1. The van der Waals surface area contributed by atoms with Gasteiger partial charge >= 0.3 is 5.97 Å². The number of halogens is 4. The number of anilines is 1. The Balaban J connectivity index is 1.65. The van der Waals surface area contributed by atoms with E-state index in [0.29, 0.717) is 10.6 Å². The molecule has 0 aliphatic rings. The van der Waals surface area contributed by atoms with Gasteiger partial charge < -0.3 is 15.2 Å². The number of Topliss-reactive ketones (excluding diaryl/α,β-unsaturated/α-hetero) is 1. The van der Waals surface area contributed by atoms with E-state index >= 15 is 0 Å². The quantitative estimate of drug-likeness (QED) is 0.224. The second-order valence-corrected chi connectivity index (χ2v) is 9.78. The summed E-state index contributed by atoms with van der Waals surface area (Å²) >= 11 is 12.0. The van der Waals surface area contributed by atoms with Gasteiger partial charge in [-0.1, -0.05) is 43.1 Å². The normalized spacial score (nSPS) is 11.9. The predicted octanol–water partition coefficient (Wildman–Crippen LogP) is 7.89. The maximum Gasteiger partial charge on any atom is 0.303 e. The lowest BCUT2D eigenvalue weighted by molar-refractivity contribution is -0.137. The summed E-state index contributed by atoms with van der Waals surface area (Å²) in [5.74, 6) is -2.52. The number of rotatable bonds is 12. The summed E-state index contributed by atoms with van der Waals surface area (Å²) in [6.45, 7) is 4.09. The highest BCUT2D eigenvalue weighted by molar-refractivity contribution is 6.36. The van der Waals surface area contributed by atoms with E-state index in [-0.39, 0.29) is 65.5 Å². The number of hydrogen-bond donors (Lipinski definition) is 2. The second-order valence-electron chi connectivity index (χ2n) is 8.94. The molecule has 0 aliphatic heterocycles. The first-order valence-electron chi connectivity index (χ1n) is 11.7. The predicted molar refractivity (Wildman–Crippen MR) is 142 cm³/mol. The Morgan fingerprint density at radius 2 is 1.62 bits per heavy atom. The molecule has 0 saturated heterocycles. The molecule has 196 valence electrons.